The number of halogens is 1. The van der Waals surface area contributed by atoms with Gasteiger partial charge in [0.1, 0.15) is 5.75 Å². The number of allylic oxidation sites excluding steroid dienone is 2. The van der Waals surface area contributed by atoms with E-state index in [1.54, 1.807) is 6.07 Å². The van der Waals surface area contributed by atoms with Crippen molar-refractivity contribution < 1.29 is 9.90 Å². The highest BCUT2D eigenvalue weighted by Crippen LogP contribution is 2.51. The third-order valence-electron chi connectivity index (χ3n) is 6.56. The number of hydrogen-bond donors (Lipinski definition) is 3. The van der Waals surface area contributed by atoms with Gasteiger partial charge in [-0.1, -0.05) is 41.9 Å². The van der Waals surface area contributed by atoms with Gasteiger partial charge in [0.25, 0.3) is 5.91 Å². The van der Waals surface area contributed by atoms with Crippen LogP contribution in [0, 0.1) is 5.92 Å². The molecular weight excluding hydrogens is 454 g/mol. The van der Waals surface area contributed by atoms with Crippen LogP contribution in [0.5, 0.6) is 5.75 Å². The van der Waals surface area contributed by atoms with Gasteiger partial charge in [-0.3, -0.25) is 4.79 Å². The van der Waals surface area contributed by atoms with Gasteiger partial charge in [0, 0.05) is 40.3 Å². The van der Waals surface area contributed by atoms with Crippen LogP contribution in [-0.4, -0.2) is 42.1 Å². The van der Waals surface area contributed by atoms with Gasteiger partial charge in [-0.15, -0.1) is 0 Å². The Balaban J connectivity index is 1.55. The van der Waals surface area contributed by atoms with Crippen molar-refractivity contribution in [1.82, 2.24) is 10.2 Å². The van der Waals surface area contributed by atoms with Gasteiger partial charge in [-0.05, 0) is 67.4 Å². The Morgan fingerprint density at radius 1 is 1.19 bits per heavy atom. The summed E-state index contributed by atoms with van der Waals surface area (Å²) in [6.07, 6.45) is 5.40. The molecule has 3 atom stereocenters. The summed E-state index contributed by atoms with van der Waals surface area (Å²) in [6.45, 7) is 7.74. The molecule has 2 aliphatic rings. The number of carbonyl (C=O) groups is 1. The van der Waals surface area contributed by atoms with Crippen molar-refractivity contribution in [2.24, 2.45) is 5.92 Å². The van der Waals surface area contributed by atoms with Gasteiger partial charge in [-0.25, -0.2) is 0 Å². The number of rotatable bonds is 7. The first-order valence-corrected chi connectivity index (χ1v) is 11.9. The van der Waals surface area contributed by atoms with E-state index in [0.717, 1.165) is 47.3 Å². The summed E-state index contributed by atoms with van der Waals surface area (Å²) in [5.74, 6) is 0.802. The fraction of sp³-hybridized carbons (Fsp3) is 0.400. The minimum Gasteiger partial charge on any atom is -0.508 e. The van der Waals surface area contributed by atoms with Crippen LogP contribution in [0.15, 0.2) is 53.0 Å². The molecule has 1 heterocycles. The number of fused-ring (bicyclic) bond motifs is 3. The van der Waals surface area contributed by atoms with Crippen molar-refractivity contribution in [3.63, 3.8) is 0 Å². The topological polar surface area (TPSA) is 64.6 Å². The van der Waals surface area contributed by atoms with Crippen LogP contribution < -0.4 is 10.6 Å². The van der Waals surface area contributed by atoms with E-state index in [2.05, 4.69) is 57.5 Å². The zero-order chi connectivity index (χ0) is 22.0. The normalized spacial score (nSPS) is 21.5. The van der Waals surface area contributed by atoms with Crippen LogP contribution in [-0.2, 0) is 0 Å². The van der Waals surface area contributed by atoms with E-state index >= 15 is 0 Å². The Morgan fingerprint density at radius 2 is 2.00 bits per heavy atom. The third-order valence-corrected chi connectivity index (χ3v) is 7.05. The van der Waals surface area contributed by atoms with E-state index in [1.165, 1.54) is 0 Å². The Bertz CT molecular complexity index is 987. The summed E-state index contributed by atoms with van der Waals surface area (Å²) in [5, 5.41) is 17.2. The highest BCUT2D eigenvalue weighted by molar-refractivity contribution is 9.10. The molecule has 0 saturated carbocycles. The first-order chi connectivity index (χ1) is 15.0. The number of anilines is 1. The molecular formula is C25H30BrN3O2. The first-order valence-electron chi connectivity index (χ1n) is 11.1. The predicted octanol–water partition coefficient (Wildman–Crippen LogP) is 5.05. The second-order valence-electron chi connectivity index (χ2n) is 8.26. The molecule has 0 fully saturated rings. The van der Waals surface area contributed by atoms with Gasteiger partial charge in [0.05, 0.1) is 6.04 Å². The standard InChI is InChI=1S/C25H30BrN3O2/c1-3-29(4-2)13-12-27-25(31)16-8-10-22-20(14-16)18-6-5-7-19(18)24(28-22)21-15-17(26)9-11-23(21)30/h5-6,8-11,14-15,18-19,24,28,30H,3-4,7,12-13H2,1-2H3,(H,27,31). The number of aromatic hydroxyl groups is 1. The van der Waals surface area contributed by atoms with Crippen molar-refractivity contribution in [2.45, 2.75) is 32.2 Å². The smallest absolute Gasteiger partial charge is 0.251 e. The Morgan fingerprint density at radius 3 is 2.77 bits per heavy atom. The molecule has 0 saturated heterocycles. The van der Waals surface area contributed by atoms with E-state index in [1.807, 2.05) is 30.3 Å². The van der Waals surface area contributed by atoms with Crippen molar-refractivity contribution in [1.29, 1.82) is 0 Å². The van der Waals surface area contributed by atoms with Crippen molar-refractivity contribution in [3.8, 4) is 5.75 Å². The molecule has 31 heavy (non-hydrogen) atoms. The number of benzene rings is 2. The zero-order valence-corrected chi connectivity index (χ0v) is 19.7. The Kier molecular flexibility index (Phi) is 6.68. The number of carbonyl (C=O) groups excluding carboxylic acids is 1. The molecule has 0 bridgehead atoms. The Hall–Kier alpha value is -2.31. The van der Waals surface area contributed by atoms with Gasteiger partial charge < -0.3 is 20.6 Å². The Labute approximate surface area is 192 Å². The summed E-state index contributed by atoms with van der Waals surface area (Å²) in [7, 11) is 0. The number of phenols is 1. The van der Waals surface area contributed by atoms with Crippen LogP contribution in [0.4, 0.5) is 5.69 Å². The number of likely N-dealkylation sites (N-methyl/N-ethyl adjacent to an activating group) is 1. The average Bonchev–Trinajstić information content (AvgIpc) is 3.28. The number of phenolic OH excluding ortho intramolecular Hbond substituents is 1. The summed E-state index contributed by atoms with van der Waals surface area (Å²) in [6, 6.07) is 11.5. The lowest BCUT2D eigenvalue weighted by Gasteiger charge is -2.38. The van der Waals surface area contributed by atoms with Crippen molar-refractivity contribution in [2.75, 3.05) is 31.5 Å². The van der Waals surface area contributed by atoms with Gasteiger partial charge in [0.15, 0.2) is 0 Å². The lowest BCUT2D eigenvalue weighted by atomic mass is 9.76. The van der Waals surface area contributed by atoms with Gasteiger partial charge in [-0.2, -0.15) is 0 Å². The lowest BCUT2D eigenvalue weighted by Crippen LogP contribution is -2.35. The highest BCUT2D eigenvalue weighted by Gasteiger charge is 2.39. The maximum Gasteiger partial charge on any atom is 0.251 e. The van der Waals surface area contributed by atoms with E-state index in [9.17, 15) is 9.90 Å². The van der Waals surface area contributed by atoms with Crippen LogP contribution in [0.2, 0.25) is 0 Å². The fourth-order valence-corrected chi connectivity index (χ4v) is 5.17. The van der Waals surface area contributed by atoms with E-state index in [0.29, 0.717) is 23.8 Å². The molecule has 6 heteroatoms. The minimum atomic E-state index is -0.0276. The molecule has 0 spiro atoms. The largest absolute Gasteiger partial charge is 0.508 e. The SMILES string of the molecule is CCN(CC)CCNC(=O)c1ccc2c(c1)C1C=CCC1C(c1cc(Br)ccc1O)N2. The summed E-state index contributed by atoms with van der Waals surface area (Å²) in [4.78, 5) is 15.0. The predicted molar refractivity (Wildman–Crippen MR) is 129 cm³/mol. The summed E-state index contributed by atoms with van der Waals surface area (Å²) >= 11 is 3.53. The maximum absolute atomic E-state index is 12.7. The number of hydrogen-bond acceptors (Lipinski definition) is 4. The highest BCUT2D eigenvalue weighted by atomic mass is 79.9. The molecule has 5 nitrogen and oxygen atoms in total. The lowest BCUT2D eigenvalue weighted by molar-refractivity contribution is 0.0948. The van der Waals surface area contributed by atoms with Gasteiger partial charge >= 0.3 is 0 Å². The zero-order valence-electron chi connectivity index (χ0n) is 18.1. The van der Waals surface area contributed by atoms with Crippen LogP contribution in [0.3, 0.4) is 0 Å². The third kappa shape index (κ3) is 4.51. The molecule has 2 aromatic rings. The molecule has 0 radical (unpaired) electrons. The molecule has 1 aliphatic carbocycles. The van der Waals surface area contributed by atoms with E-state index in [4.69, 9.17) is 0 Å². The van der Waals surface area contributed by atoms with E-state index < -0.39 is 0 Å². The maximum atomic E-state index is 12.7. The quantitative estimate of drug-likeness (QED) is 0.482. The van der Waals surface area contributed by atoms with Gasteiger partial charge in [0.2, 0.25) is 0 Å². The van der Waals surface area contributed by atoms with Crippen LogP contribution in [0.1, 0.15) is 53.7 Å². The molecule has 1 amide bonds. The number of nitrogens with one attached hydrogen (secondary N) is 2. The number of nitrogens with zero attached hydrogens (tertiary/aromatic N) is 1. The summed E-state index contributed by atoms with van der Waals surface area (Å²) < 4.78 is 0.951. The molecule has 3 N–H and O–H groups in total. The molecule has 0 aromatic heterocycles. The number of amides is 1. The monoisotopic (exact) mass is 483 g/mol. The molecule has 4 rings (SSSR count). The second kappa shape index (κ2) is 9.45. The second-order valence-corrected chi connectivity index (χ2v) is 9.18. The van der Waals surface area contributed by atoms with E-state index in [-0.39, 0.29) is 17.9 Å². The van der Waals surface area contributed by atoms with Crippen LogP contribution >= 0.6 is 15.9 Å². The molecule has 3 unspecified atom stereocenters. The van der Waals surface area contributed by atoms with Crippen LogP contribution in [0.25, 0.3) is 0 Å². The molecule has 2 aromatic carbocycles. The molecule has 164 valence electrons. The minimum absolute atomic E-state index is 0.0127. The fourth-order valence-electron chi connectivity index (χ4n) is 4.79. The average molecular weight is 484 g/mol. The van der Waals surface area contributed by atoms with Crippen molar-refractivity contribution in [3.05, 3.63) is 69.7 Å². The van der Waals surface area contributed by atoms with Crippen molar-refractivity contribution >= 4 is 27.5 Å². The summed E-state index contributed by atoms with van der Waals surface area (Å²) in [5.41, 5.74) is 3.78. The molecule has 1 aliphatic heterocycles. The first kappa shape index (κ1) is 21.9.